The highest BCUT2D eigenvalue weighted by Gasteiger charge is 2.38. The number of carbonyl (C=O) groups is 3. The van der Waals surface area contributed by atoms with Crippen molar-refractivity contribution in [3.63, 3.8) is 0 Å². The van der Waals surface area contributed by atoms with Crippen molar-refractivity contribution in [1.82, 2.24) is 4.90 Å². The lowest BCUT2D eigenvalue weighted by atomic mass is 9.98. The van der Waals surface area contributed by atoms with Crippen LogP contribution < -0.4 is 9.80 Å². The Morgan fingerprint density at radius 3 is 2.37 bits per heavy atom. The molecule has 0 aromatic heterocycles. The van der Waals surface area contributed by atoms with Gasteiger partial charge in [0, 0.05) is 19.6 Å². The van der Waals surface area contributed by atoms with Gasteiger partial charge in [-0.05, 0) is 36.6 Å². The molecule has 2 aromatic rings. The lowest BCUT2D eigenvalue weighted by Crippen LogP contribution is -2.49. The Morgan fingerprint density at radius 1 is 0.889 bits per heavy atom. The summed E-state index contributed by atoms with van der Waals surface area (Å²) in [5, 5.41) is 0. The van der Waals surface area contributed by atoms with Crippen LogP contribution in [0.3, 0.4) is 0 Å². The van der Waals surface area contributed by atoms with Gasteiger partial charge in [0.15, 0.2) is 0 Å². The maximum atomic E-state index is 13.0. The number of amides is 3. The number of hydrogen-bond acceptors (Lipinski definition) is 4. The molecular formula is C21H19N3O3. The van der Waals surface area contributed by atoms with Crippen LogP contribution in [0.5, 0.6) is 0 Å². The van der Waals surface area contributed by atoms with Crippen molar-refractivity contribution in [1.29, 1.82) is 0 Å². The van der Waals surface area contributed by atoms with Gasteiger partial charge in [-0.15, -0.1) is 0 Å². The van der Waals surface area contributed by atoms with Crippen LogP contribution in [0.25, 0.3) is 0 Å². The second-order valence-electron chi connectivity index (χ2n) is 7.16. The zero-order valence-electron chi connectivity index (χ0n) is 14.9. The molecule has 0 saturated heterocycles. The lowest BCUT2D eigenvalue weighted by Gasteiger charge is -2.41. The quantitative estimate of drug-likeness (QED) is 0.769. The van der Waals surface area contributed by atoms with Gasteiger partial charge in [0.1, 0.15) is 6.54 Å². The van der Waals surface area contributed by atoms with Gasteiger partial charge in [-0.1, -0.05) is 24.3 Å². The van der Waals surface area contributed by atoms with Crippen molar-refractivity contribution in [2.75, 3.05) is 36.0 Å². The number of anilines is 2. The molecule has 3 aliphatic rings. The topological polar surface area (TPSA) is 60.9 Å². The van der Waals surface area contributed by atoms with Gasteiger partial charge in [-0.3, -0.25) is 19.3 Å². The molecule has 6 nitrogen and oxygen atoms in total. The summed E-state index contributed by atoms with van der Waals surface area (Å²) < 4.78 is 0. The summed E-state index contributed by atoms with van der Waals surface area (Å²) >= 11 is 0. The molecule has 3 aliphatic heterocycles. The van der Waals surface area contributed by atoms with E-state index in [9.17, 15) is 14.4 Å². The van der Waals surface area contributed by atoms with E-state index in [1.807, 2.05) is 12.1 Å². The van der Waals surface area contributed by atoms with Crippen molar-refractivity contribution in [3.05, 3.63) is 59.2 Å². The van der Waals surface area contributed by atoms with Gasteiger partial charge < -0.3 is 9.80 Å². The van der Waals surface area contributed by atoms with Crippen molar-refractivity contribution < 1.29 is 14.4 Å². The highest BCUT2D eigenvalue weighted by Crippen LogP contribution is 2.39. The number of fused-ring (bicyclic) bond motifs is 1. The Bertz CT molecular complexity index is 949. The summed E-state index contributed by atoms with van der Waals surface area (Å²) in [7, 11) is 0. The second-order valence-corrected chi connectivity index (χ2v) is 7.16. The molecule has 3 amide bonds. The van der Waals surface area contributed by atoms with Gasteiger partial charge in [-0.2, -0.15) is 0 Å². The van der Waals surface area contributed by atoms with Crippen LogP contribution in [0, 0.1) is 0 Å². The summed E-state index contributed by atoms with van der Waals surface area (Å²) in [5.41, 5.74) is 4.03. The molecule has 0 fully saturated rings. The van der Waals surface area contributed by atoms with Crippen molar-refractivity contribution in [2.24, 2.45) is 0 Å². The van der Waals surface area contributed by atoms with Gasteiger partial charge in [0.2, 0.25) is 5.91 Å². The molecule has 0 aliphatic carbocycles. The average Bonchev–Trinajstić information content (AvgIpc) is 2.94. The monoisotopic (exact) mass is 361 g/mol. The van der Waals surface area contributed by atoms with Crippen LogP contribution >= 0.6 is 0 Å². The fourth-order valence-electron chi connectivity index (χ4n) is 4.36. The van der Waals surface area contributed by atoms with Gasteiger partial charge >= 0.3 is 0 Å². The third-order valence-electron chi connectivity index (χ3n) is 5.65. The van der Waals surface area contributed by atoms with Crippen LogP contribution in [0.2, 0.25) is 0 Å². The smallest absolute Gasteiger partial charge is 0.262 e. The van der Waals surface area contributed by atoms with E-state index in [0.29, 0.717) is 17.7 Å². The van der Waals surface area contributed by atoms with Crippen LogP contribution in [-0.2, 0) is 11.2 Å². The zero-order valence-corrected chi connectivity index (χ0v) is 14.9. The Labute approximate surface area is 157 Å². The molecule has 0 N–H and O–H groups in total. The molecule has 136 valence electrons. The third-order valence-corrected chi connectivity index (χ3v) is 5.65. The van der Waals surface area contributed by atoms with Crippen LogP contribution in [0.4, 0.5) is 11.4 Å². The van der Waals surface area contributed by atoms with E-state index in [1.54, 1.807) is 29.2 Å². The van der Waals surface area contributed by atoms with Gasteiger partial charge in [-0.25, -0.2) is 0 Å². The highest BCUT2D eigenvalue weighted by atomic mass is 16.2. The molecule has 0 bridgehead atoms. The van der Waals surface area contributed by atoms with E-state index < -0.39 is 11.8 Å². The number of nitrogens with zero attached hydrogens (tertiary/aromatic N) is 3. The predicted octanol–water partition coefficient (Wildman–Crippen LogP) is 2.08. The number of hydrogen-bond donors (Lipinski definition) is 0. The zero-order chi connectivity index (χ0) is 18.5. The highest BCUT2D eigenvalue weighted by molar-refractivity contribution is 6.22. The maximum Gasteiger partial charge on any atom is 0.262 e. The predicted molar refractivity (Wildman–Crippen MR) is 101 cm³/mol. The van der Waals surface area contributed by atoms with E-state index in [4.69, 9.17) is 0 Å². The first-order valence-corrected chi connectivity index (χ1v) is 9.27. The first-order valence-electron chi connectivity index (χ1n) is 9.27. The Balaban J connectivity index is 1.43. The molecule has 0 saturated carbocycles. The molecule has 0 radical (unpaired) electrons. The molecule has 0 spiro atoms. The summed E-state index contributed by atoms with van der Waals surface area (Å²) in [6.45, 7) is 2.12. The number of aryl methyl sites for hydroxylation is 1. The number of para-hydroxylation sites is 1. The van der Waals surface area contributed by atoms with Crippen molar-refractivity contribution in [2.45, 2.75) is 12.8 Å². The van der Waals surface area contributed by atoms with E-state index in [1.165, 1.54) is 5.56 Å². The Hall–Kier alpha value is -3.15. The van der Waals surface area contributed by atoms with Crippen LogP contribution in [0.15, 0.2) is 42.5 Å². The molecule has 6 heteroatoms. The molecular weight excluding hydrogens is 342 g/mol. The molecule has 0 atom stereocenters. The third kappa shape index (κ3) is 2.36. The molecule has 0 unspecified atom stereocenters. The second kappa shape index (κ2) is 5.94. The van der Waals surface area contributed by atoms with E-state index in [-0.39, 0.29) is 12.5 Å². The number of carbonyl (C=O) groups excluding carboxylic acids is 3. The standard InChI is InChI=1S/C21H19N3O3/c25-18(13-24-20(26)15-7-1-2-8-16(15)21(24)27)23-12-11-22-10-4-6-14-5-3-9-17(23)19(14)22/h1-3,5,7-9H,4,6,10-13H2. The molecule has 3 heterocycles. The lowest BCUT2D eigenvalue weighted by molar-refractivity contribution is -0.119. The fraction of sp³-hybridized carbons (Fsp3) is 0.286. The minimum Gasteiger partial charge on any atom is -0.368 e. The van der Waals surface area contributed by atoms with Gasteiger partial charge in [0.05, 0.1) is 22.5 Å². The summed E-state index contributed by atoms with van der Waals surface area (Å²) in [5.74, 6) is -1.00. The largest absolute Gasteiger partial charge is 0.368 e. The molecule has 27 heavy (non-hydrogen) atoms. The SMILES string of the molecule is O=C1c2ccccc2C(=O)N1CC(=O)N1CCN2CCCc3cccc1c32. The van der Waals surface area contributed by atoms with Crippen molar-refractivity contribution >= 4 is 29.1 Å². The first kappa shape index (κ1) is 16.1. The number of benzene rings is 2. The van der Waals surface area contributed by atoms with Crippen LogP contribution in [-0.4, -0.2) is 48.8 Å². The molecule has 5 rings (SSSR count). The Kier molecular flexibility index (Phi) is 3.53. The Morgan fingerprint density at radius 2 is 1.63 bits per heavy atom. The summed E-state index contributed by atoms with van der Waals surface area (Å²) in [6.07, 6.45) is 2.14. The summed E-state index contributed by atoms with van der Waals surface area (Å²) in [4.78, 5) is 43.3. The normalized spacial score (nSPS) is 17.9. The summed E-state index contributed by atoms with van der Waals surface area (Å²) in [6, 6.07) is 12.8. The fourth-order valence-corrected chi connectivity index (χ4v) is 4.36. The minimum absolute atomic E-state index is 0.219. The molecule has 2 aromatic carbocycles. The van der Waals surface area contributed by atoms with E-state index in [0.717, 1.165) is 42.2 Å². The van der Waals surface area contributed by atoms with E-state index >= 15 is 0 Å². The van der Waals surface area contributed by atoms with Crippen LogP contribution in [0.1, 0.15) is 32.7 Å². The maximum absolute atomic E-state index is 13.0. The minimum atomic E-state index is -0.391. The van der Waals surface area contributed by atoms with Gasteiger partial charge in [0.25, 0.3) is 11.8 Å². The number of rotatable bonds is 2. The number of imide groups is 1. The first-order chi connectivity index (χ1) is 13.1. The van der Waals surface area contributed by atoms with Crippen molar-refractivity contribution in [3.8, 4) is 0 Å². The average molecular weight is 361 g/mol. The van der Waals surface area contributed by atoms with E-state index in [2.05, 4.69) is 11.0 Å².